The Morgan fingerprint density at radius 3 is 2.35 bits per heavy atom. The molecular weight excluding hydrogens is 248 g/mol. The third kappa shape index (κ3) is 5.01. The first-order chi connectivity index (χ1) is 9.60. The molecule has 2 aliphatic rings. The topological polar surface area (TPSA) is 35.5 Å². The fraction of sp³-hybridized carbons (Fsp3) is 1.00. The van der Waals surface area contributed by atoms with E-state index in [1.165, 1.54) is 58.0 Å². The van der Waals surface area contributed by atoms with Crippen molar-refractivity contribution in [2.24, 2.45) is 11.3 Å². The largest absolute Gasteiger partial charge is 0.390 e. The summed E-state index contributed by atoms with van der Waals surface area (Å²) in [7, 11) is 0. The molecule has 1 heterocycles. The molecule has 1 saturated carbocycles. The maximum atomic E-state index is 10.1. The van der Waals surface area contributed by atoms with Crippen molar-refractivity contribution in [3.63, 3.8) is 0 Å². The van der Waals surface area contributed by atoms with E-state index in [-0.39, 0.29) is 6.10 Å². The molecule has 0 radical (unpaired) electrons. The molecule has 1 aliphatic carbocycles. The Bertz CT molecular complexity index is 268. The minimum Gasteiger partial charge on any atom is -0.390 e. The molecule has 0 aromatic rings. The Kier molecular flexibility index (Phi) is 6.31. The van der Waals surface area contributed by atoms with Crippen molar-refractivity contribution in [1.82, 2.24) is 10.2 Å². The molecule has 1 atom stereocenters. The van der Waals surface area contributed by atoms with Crippen molar-refractivity contribution >= 4 is 0 Å². The number of nitrogens with one attached hydrogen (secondary N) is 1. The maximum Gasteiger partial charge on any atom is 0.0791 e. The lowest BCUT2D eigenvalue weighted by molar-refractivity contribution is 0.116. The molecule has 0 spiro atoms. The second-order valence-electron chi connectivity index (χ2n) is 7.60. The number of likely N-dealkylation sites (tertiary alicyclic amines) is 1. The van der Waals surface area contributed by atoms with Gasteiger partial charge >= 0.3 is 0 Å². The minimum atomic E-state index is -0.203. The minimum absolute atomic E-state index is 0.203. The van der Waals surface area contributed by atoms with Crippen molar-refractivity contribution < 1.29 is 5.11 Å². The average molecular weight is 282 g/mol. The molecule has 1 aliphatic heterocycles. The molecule has 2 fully saturated rings. The van der Waals surface area contributed by atoms with Crippen molar-refractivity contribution in [2.75, 3.05) is 32.7 Å². The highest BCUT2D eigenvalue weighted by Crippen LogP contribution is 2.42. The molecule has 0 aromatic heterocycles. The Labute approximate surface area is 125 Å². The highest BCUT2D eigenvalue weighted by molar-refractivity contribution is 4.88. The third-order valence-corrected chi connectivity index (χ3v) is 5.05. The lowest BCUT2D eigenvalue weighted by Gasteiger charge is -2.32. The van der Waals surface area contributed by atoms with E-state index in [0.717, 1.165) is 25.6 Å². The summed E-state index contributed by atoms with van der Waals surface area (Å²) < 4.78 is 0. The van der Waals surface area contributed by atoms with E-state index in [2.05, 4.69) is 24.1 Å². The fourth-order valence-electron chi connectivity index (χ4n) is 4.28. The summed E-state index contributed by atoms with van der Waals surface area (Å²) in [5.41, 5.74) is 0.515. The van der Waals surface area contributed by atoms with Crippen LogP contribution in [-0.4, -0.2) is 48.8 Å². The van der Waals surface area contributed by atoms with E-state index in [4.69, 9.17) is 0 Å². The molecule has 2 rings (SSSR count). The van der Waals surface area contributed by atoms with Gasteiger partial charge in [0, 0.05) is 19.6 Å². The molecule has 3 heteroatoms. The number of nitrogens with zero attached hydrogens (tertiary/aromatic N) is 1. The van der Waals surface area contributed by atoms with Gasteiger partial charge in [-0.3, -0.25) is 0 Å². The van der Waals surface area contributed by atoms with E-state index < -0.39 is 0 Å². The Morgan fingerprint density at radius 2 is 1.75 bits per heavy atom. The van der Waals surface area contributed by atoms with Gasteiger partial charge < -0.3 is 15.3 Å². The van der Waals surface area contributed by atoms with E-state index in [0.29, 0.717) is 5.41 Å². The second-order valence-corrected chi connectivity index (χ2v) is 7.60. The van der Waals surface area contributed by atoms with Crippen LogP contribution in [-0.2, 0) is 0 Å². The summed E-state index contributed by atoms with van der Waals surface area (Å²) in [6, 6.07) is 0. The van der Waals surface area contributed by atoms with Gasteiger partial charge in [0.25, 0.3) is 0 Å². The first kappa shape index (κ1) is 16.3. The molecule has 118 valence electrons. The van der Waals surface area contributed by atoms with Gasteiger partial charge in [0.05, 0.1) is 6.10 Å². The maximum absolute atomic E-state index is 10.1. The number of aliphatic hydroxyl groups excluding tert-OH is 1. The average Bonchev–Trinajstić information content (AvgIpc) is 3.00. The van der Waals surface area contributed by atoms with Crippen LogP contribution in [0.5, 0.6) is 0 Å². The van der Waals surface area contributed by atoms with Crippen LogP contribution in [0.15, 0.2) is 0 Å². The van der Waals surface area contributed by atoms with Gasteiger partial charge in [-0.05, 0) is 56.5 Å². The summed E-state index contributed by atoms with van der Waals surface area (Å²) in [6.07, 6.45) is 9.28. The Hall–Kier alpha value is -0.120. The van der Waals surface area contributed by atoms with E-state index in [1.54, 1.807) is 0 Å². The number of hydrogen-bond donors (Lipinski definition) is 2. The lowest BCUT2D eigenvalue weighted by Crippen LogP contribution is -2.41. The van der Waals surface area contributed by atoms with Crippen LogP contribution in [0.1, 0.15) is 58.8 Å². The summed E-state index contributed by atoms with van der Waals surface area (Å²) >= 11 is 0. The summed E-state index contributed by atoms with van der Waals surface area (Å²) in [5.74, 6) is 0.782. The van der Waals surface area contributed by atoms with E-state index >= 15 is 0 Å². The third-order valence-electron chi connectivity index (χ3n) is 5.05. The number of β-amino-alcohol motifs (C(OH)–C–C–N with tert-alkyl or cyclic N) is 1. The lowest BCUT2D eigenvalue weighted by atomic mass is 9.78. The van der Waals surface area contributed by atoms with Gasteiger partial charge in [0.2, 0.25) is 0 Å². The van der Waals surface area contributed by atoms with Crippen molar-refractivity contribution in [3.05, 3.63) is 0 Å². The van der Waals surface area contributed by atoms with Crippen LogP contribution in [0.2, 0.25) is 0 Å². The van der Waals surface area contributed by atoms with Gasteiger partial charge in [-0.2, -0.15) is 0 Å². The van der Waals surface area contributed by atoms with Crippen LogP contribution in [0, 0.1) is 11.3 Å². The van der Waals surface area contributed by atoms with Crippen molar-refractivity contribution in [1.29, 1.82) is 0 Å². The SMILES string of the molecule is CC(C)CC1(CNCC(O)CN2CCCC2)CCCC1. The van der Waals surface area contributed by atoms with Gasteiger partial charge in [-0.25, -0.2) is 0 Å². The summed E-state index contributed by atoms with van der Waals surface area (Å²) in [4.78, 5) is 2.39. The zero-order valence-electron chi connectivity index (χ0n) is 13.5. The van der Waals surface area contributed by atoms with Crippen LogP contribution < -0.4 is 5.32 Å². The quantitative estimate of drug-likeness (QED) is 0.718. The Morgan fingerprint density at radius 1 is 1.10 bits per heavy atom. The second kappa shape index (κ2) is 7.77. The molecule has 3 nitrogen and oxygen atoms in total. The predicted octanol–water partition coefficient (Wildman–Crippen LogP) is 2.64. The van der Waals surface area contributed by atoms with Gasteiger partial charge in [0.1, 0.15) is 0 Å². The highest BCUT2D eigenvalue weighted by atomic mass is 16.3. The Balaban J connectivity index is 1.67. The highest BCUT2D eigenvalue weighted by Gasteiger charge is 2.34. The molecular formula is C17H34N2O. The molecule has 0 amide bonds. The first-order valence-corrected chi connectivity index (χ1v) is 8.71. The van der Waals surface area contributed by atoms with Crippen LogP contribution >= 0.6 is 0 Å². The zero-order valence-corrected chi connectivity index (χ0v) is 13.5. The van der Waals surface area contributed by atoms with Crippen LogP contribution in [0.3, 0.4) is 0 Å². The molecule has 1 unspecified atom stereocenters. The van der Waals surface area contributed by atoms with Gasteiger partial charge in [-0.1, -0.05) is 26.7 Å². The van der Waals surface area contributed by atoms with E-state index in [1.807, 2.05) is 0 Å². The zero-order chi connectivity index (χ0) is 14.4. The molecule has 0 aromatic carbocycles. The van der Waals surface area contributed by atoms with Gasteiger partial charge in [0.15, 0.2) is 0 Å². The van der Waals surface area contributed by atoms with Crippen molar-refractivity contribution in [3.8, 4) is 0 Å². The smallest absolute Gasteiger partial charge is 0.0791 e. The van der Waals surface area contributed by atoms with E-state index in [9.17, 15) is 5.11 Å². The molecule has 0 bridgehead atoms. The van der Waals surface area contributed by atoms with Crippen LogP contribution in [0.4, 0.5) is 0 Å². The van der Waals surface area contributed by atoms with Crippen LogP contribution in [0.25, 0.3) is 0 Å². The standard InChI is InChI=1S/C17H34N2O/c1-15(2)11-17(7-3-4-8-17)14-18-12-16(20)13-19-9-5-6-10-19/h15-16,18,20H,3-14H2,1-2H3. The molecule has 20 heavy (non-hydrogen) atoms. The number of aliphatic hydroxyl groups is 1. The number of hydrogen-bond acceptors (Lipinski definition) is 3. The predicted molar refractivity (Wildman–Crippen MR) is 84.9 cm³/mol. The summed E-state index contributed by atoms with van der Waals surface area (Å²) in [5, 5.41) is 13.7. The van der Waals surface area contributed by atoms with Crippen molar-refractivity contribution in [2.45, 2.75) is 64.9 Å². The first-order valence-electron chi connectivity index (χ1n) is 8.71. The normalized spacial score (nSPS) is 24.6. The number of rotatable bonds is 8. The fourth-order valence-corrected chi connectivity index (χ4v) is 4.28. The molecule has 2 N–H and O–H groups in total. The molecule has 1 saturated heterocycles. The monoisotopic (exact) mass is 282 g/mol. The summed E-state index contributed by atoms with van der Waals surface area (Å²) in [6.45, 7) is 9.73. The van der Waals surface area contributed by atoms with Gasteiger partial charge in [-0.15, -0.1) is 0 Å².